The third-order valence-electron chi connectivity index (χ3n) is 3.00. The Morgan fingerprint density at radius 1 is 1.24 bits per heavy atom. The molecular formula is C11H15Cl3N2O. The van der Waals surface area contributed by atoms with Gasteiger partial charge in [-0.3, -0.25) is 4.98 Å². The van der Waals surface area contributed by atoms with Crippen LogP contribution in [0, 0.1) is 5.92 Å². The maximum Gasteiger partial charge on any atom is 0.0652 e. The molecule has 1 aromatic heterocycles. The van der Waals surface area contributed by atoms with Gasteiger partial charge in [0.25, 0.3) is 0 Å². The van der Waals surface area contributed by atoms with Crippen molar-refractivity contribution in [2.45, 2.75) is 18.9 Å². The first-order valence-electron chi connectivity index (χ1n) is 5.32. The average Bonchev–Trinajstić information content (AvgIpc) is 2.30. The van der Waals surface area contributed by atoms with Crippen molar-refractivity contribution in [3.8, 4) is 0 Å². The molecule has 1 atom stereocenters. The highest BCUT2D eigenvalue weighted by Gasteiger charge is 2.25. The van der Waals surface area contributed by atoms with Gasteiger partial charge in [-0.1, -0.05) is 23.2 Å². The van der Waals surface area contributed by atoms with Crippen molar-refractivity contribution in [1.29, 1.82) is 0 Å². The first-order valence-corrected chi connectivity index (χ1v) is 6.08. The number of halogens is 3. The Hall–Kier alpha value is -0.0600. The van der Waals surface area contributed by atoms with E-state index in [-0.39, 0.29) is 18.4 Å². The first kappa shape index (κ1) is 15.0. The summed E-state index contributed by atoms with van der Waals surface area (Å²) >= 11 is 12.2. The van der Waals surface area contributed by atoms with E-state index < -0.39 is 0 Å². The van der Waals surface area contributed by atoms with E-state index in [1.165, 1.54) is 0 Å². The van der Waals surface area contributed by atoms with Crippen LogP contribution in [0.2, 0.25) is 10.0 Å². The quantitative estimate of drug-likeness (QED) is 0.911. The number of nitrogens with two attached hydrogens (primary N) is 1. The molecule has 2 rings (SSSR count). The topological polar surface area (TPSA) is 48.1 Å². The Morgan fingerprint density at radius 2 is 1.76 bits per heavy atom. The van der Waals surface area contributed by atoms with E-state index in [2.05, 4.69) is 4.98 Å². The van der Waals surface area contributed by atoms with E-state index in [0.717, 1.165) is 31.6 Å². The van der Waals surface area contributed by atoms with E-state index in [9.17, 15) is 0 Å². The van der Waals surface area contributed by atoms with Crippen LogP contribution in [0.4, 0.5) is 0 Å². The minimum absolute atomic E-state index is 0. The minimum atomic E-state index is -0.133. The van der Waals surface area contributed by atoms with Gasteiger partial charge < -0.3 is 10.5 Å². The first-order chi connectivity index (χ1) is 7.70. The van der Waals surface area contributed by atoms with Crippen molar-refractivity contribution in [2.75, 3.05) is 13.2 Å². The van der Waals surface area contributed by atoms with Crippen LogP contribution in [-0.2, 0) is 4.74 Å². The second-order valence-corrected chi connectivity index (χ2v) is 4.81. The molecule has 2 heterocycles. The monoisotopic (exact) mass is 296 g/mol. The number of hydrogen-bond acceptors (Lipinski definition) is 3. The van der Waals surface area contributed by atoms with Crippen molar-refractivity contribution in [2.24, 2.45) is 11.7 Å². The predicted molar refractivity (Wildman–Crippen MR) is 72.0 cm³/mol. The Balaban J connectivity index is 0.00000144. The number of pyridine rings is 1. The molecule has 1 aromatic rings. The van der Waals surface area contributed by atoms with Gasteiger partial charge in [-0.2, -0.15) is 0 Å². The van der Waals surface area contributed by atoms with Gasteiger partial charge in [0.05, 0.1) is 10.0 Å². The second-order valence-electron chi connectivity index (χ2n) is 3.99. The van der Waals surface area contributed by atoms with Crippen LogP contribution in [0.5, 0.6) is 0 Å². The standard InChI is InChI=1S/C11H14Cl2N2O.ClH/c12-8-5-15-6-9(13)10(8)11(14)7-1-3-16-4-2-7;/h5-7,11H,1-4,14H2;1H/t11-;/m0./s1. The van der Waals surface area contributed by atoms with Crippen molar-refractivity contribution in [3.63, 3.8) is 0 Å². The normalized spacial score (nSPS) is 18.5. The lowest BCUT2D eigenvalue weighted by Crippen LogP contribution is -2.28. The SMILES string of the molecule is Cl.N[C@H](c1c(Cl)cncc1Cl)C1CCOCC1. The molecular weight excluding hydrogens is 282 g/mol. The summed E-state index contributed by atoms with van der Waals surface area (Å²) in [5.41, 5.74) is 7.03. The maximum absolute atomic E-state index is 6.22. The Labute approximate surface area is 117 Å². The van der Waals surface area contributed by atoms with Gasteiger partial charge in [-0.05, 0) is 18.8 Å². The molecule has 0 bridgehead atoms. The van der Waals surface area contributed by atoms with Crippen LogP contribution in [-0.4, -0.2) is 18.2 Å². The third-order valence-corrected chi connectivity index (χ3v) is 3.60. The molecule has 0 saturated carbocycles. The summed E-state index contributed by atoms with van der Waals surface area (Å²) in [6.07, 6.45) is 5.08. The van der Waals surface area contributed by atoms with E-state index in [1.54, 1.807) is 12.4 Å². The second kappa shape index (κ2) is 6.76. The predicted octanol–water partition coefficient (Wildman–Crippen LogP) is 3.24. The Kier molecular flexibility index (Phi) is 5.97. The van der Waals surface area contributed by atoms with Crippen molar-refractivity contribution in [3.05, 3.63) is 28.0 Å². The average molecular weight is 298 g/mol. The largest absolute Gasteiger partial charge is 0.381 e. The molecule has 17 heavy (non-hydrogen) atoms. The lowest BCUT2D eigenvalue weighted by molar-refractivity contribution is 0.0584. The van der Waals surface area contributed by atoms with Crippen LogP contribution in [0.3, 0.4) is 0 Å². The number of nitrogens with zero attached hydrogens (tertiary/aromatic N) is 1. The number of ether oxygens (including phenoxy) is 1. The Bertz CT molecular complexity index is 349. The molecule has 1 aliphatic rings. The lowest BCUT2D eigenvalue weighted by atomic mass is 9.88. The number of rotatable bonds is 2. The summed E-state index contributed by atoms with van der Waals surface area (Å²) in [4.78, 5) is 3.93. The van der Waals surface area contributed by atoms with Gasteiger partial charge in [0.15, 0.2) is 0 Å². The smallest absolute Gasteiger partial charge is 0.0652 e. The molecule has 6 heteroatoms. The lowest BCUT2D eigenvalue weighted by Gasteiger charge is -2.28. The zero-order valence-electron chi connectivity index (χ0n) is 9.23. The van der Waals surface area contributed by atoms with Crippen molar-refractivity contribution in [1.82, 2.24) is 4.98 Å². The summed E-state index contributed by atoms with van der Waals surface area (Å²) in [6, 6.07) is -0.133. The fourth-order valence-electron chi connectivity index (χ4n) is 2.05. The van der Waals surface area contributed by atoms with Crippen molar-refractivity contribution >= 4 is 35.6 Å². The third kappa shape index (κ3) is 3.46. The van der Waals surface area contributed by atoms with Gasteiger partial charge in [-0.15, -0.1) is 12.4 Å². The zero-order valence-corrected chi connectivity index (χ0v) is 11.6. The van der Waals surface area contributed by atoms with Crippen LogP contribution < -0.4 is 5.73 Å². The van der Waals surface area contributed by atoms with Crippen LogP contribution >= 0.6 is 35.6 Å². The minimum Gasteiger partial charge on any atom is -0.381 e. The van der Waals surface area contributed by atoms with Crippen molar-refractivity contribution < 1.29 is 4.74 Å². The number of aromatic nitrogens is 1. The molecule has 0 unspecified atom stereocenters. The molecule has 0 amide bonds. The van der Waals surface area contributed by atoms with Crippen LogP contribution in [0.15, 0.2) is 12.4 Å². The highest BCUT2D eigenvalue weighted by atomic mass is 35.5. The van der Waals surface area contributed by atoms with Crippen LogP contribution in [0.25, 0.3) is 0 Å². The van der Waals surface area contributed by atoms with Gasteiger partial charge in [-0.25, -0.2) is 0 Å². The molecule has 1 fully saturated rings. The van der Waals surface area contributed by atoms with Crippen LogP contribution in [0.1, 0.15) is 24.4 Å². The van der Waals surface area contributed by atoms with E-state index in [0.29, 0.717) is 16.0 Å². The molecule has 0 aromatic carbocycles. The molecule has 2 N–H and O–H groups in total. The molecule has 0 spiro atoms. The summed E-state index contributed by atoms with van der Waals surface area (Å²) in [5, 5.41) is 1.10. The Morgan fingerprint density at radius 3 is 2.29 bits per heavy atom. The molecule has 0 aliphatic carbocycles. The molecule has 1 aliphatic heterocycles. The fourth-order valence-corrected chi connectivity index (χ4v) is 2.67. The summed E-state index contributed by atoms with van der Waals surface area (Å²) in [5.74, 6) is 0.381. The number of hydrogen-bond donors (Lipinski definition) is 1. The summed E-state index contributed by atoms with van der Waals surface area (Å²) in [6.45, 7) is 1.53. The molecule has 0 radical (unpaired) electrons. The van der Waals surface area contributed by atoms with E-state index >= 15 is 0 Å². The summed E-state index contributed by atoms with van der Waals surface area (Å²) in [7, 11) is 0. The van der Waals surface area contributed by atoms with E-state index in [4.69, 9.17) is 33.7 Å². The molecule has 96 valence electrons. The zero-order chi connectivity index (χ0) is 11.5. The van der Waals surface area contributed by atoms with Gasteiger partial charge in [0.1, 0.15) is 0 Å². The van der Waals surface area contributed by atoms with Gasteiger partial charge in [0.2, 0.25) is 0 Å². The van der Waals surface area contributed by atoms with Gasteiger partial charge in [0, 0.05) is 37.2 Å². The highest BCUT2D eigenvalue weighted by Crippen LogP contribution is 2.35. The van der Waals surface area contributed by atoms with E-state index in [1.807, 2.05) is 0 Å². The maximum atomic E-state index is 6.22. The fraction of sp³-hybridized carbons (Fsp3) is 0.545. The summed E-state index contributed by atoms with van der Waals surface area (Å²) < 4.78 is 5.31. The highest BCUT2D eigenvalue weighted by molar-refractivity contribution is 6.35. The van der Waals surface area contributed by atoms with Gasteiger partial charge >= 0.3 is 0 Å². The molecule has 1 saturated heterocycles. The molecule has 3 nitrogen and oxygen atoms in total.